The third kappa shape index (κ3) is 5.96. The molecule has 0 bridgehead atoms. The van der Waals surface area contributed by atoms with Crippen LogP contribution >= 0.6 is 0 Å². The summed E-state index contributed by atoms with van der Waals surface area (Å²) in [5.74, 6) is -0.213. The first-order chi connectivity index (χ1) is 15.0. The molecule has 31 heavy (non-hydrogen) atoms. The Morgan fingerprint density at radius 1 is 1.06 bits per heavy atom. The molecule has 0 radical (unpaired) electrons. The average molecular weight is 424 g/mol. The molecule has 8 heteroatoms. The molecule has 1 unspecified atom stereocenters. The zero-order chi connectivity index (χ0) is 22.2. The van der Waals surface area contributed by atoms with Crippen LogP contribution in [0.5, 0.6) is 5.75 Å². The predicted molar refractivity (Wildman–Crippen MR) is 112 cm³/mol. The molecule has 0 aromatic heterocycles. The van der Waals surface area contributed by atoms with E-state index in [1.807, 2.05) is 12.1 Å². The summed E-state index contributed by atoms with van der Waals surface area (Å²) in [6.07, 6.45) is -0.0321. The smallest absolute Gasteiger partial charge is 0.309 e. The van der Waals surface area contributed by atoms with Gasteiger partial charge in [-0.2, -0.15) is 5.26 Å². The molecule has 0 amide bonds. The molecule has 1 fully saturated rings. The molecule has 8 nitrogen and oxygen atoms in total. The van der Waals surface area contributed by atoms with Gasteiger partial charge < -0.3 is 23.8 Å². The van der Waals surface area contributed by atoms with E-state index in [0.29, 0.717) is 42.3 Å². The second-order valence-corrected chi connectivity index (χ2v) is 7.05. The first-order valence-electron chi connectivity index (χ1n) is 9.77. The monoisotopic (exact) mass is 424 g/mol. The van der Waals surface area contributed by atoms with Crippen molar-refractivity contribution in [3.05, 3.63) is 59.2 Å². The van der Waals surface area contributed by atoms with Gasteiger partial charge in [0.2, 0.25) is 0 Å². The summed E-state index contributed by atoms with van der Waals surface area (Å²) in [5.41, 5.74) is 2.94. The summed E-state index contributed by atoms with van der Waals surface area (Å²) < 4.78 is 21.2. The Bertz CT molecular complexity index is 967. The third-order valence-electron chi connectivity index (χ3n) is 4.99. The van der Waals surface area contributed by atoms with Gasteiger partial charge in [-0.15, -0.1) is 0 Å². The normalized spacial score (nSPS) is 15.3. The van der Waals surface area contributed by atoms with Gasteiger partial charge in [-0.25, -0.2) is 0 Å². The van der Waals surface area contributed by atoms with Crippen LogP contribution in [0, 0.1) is 11.3 Å². The van der Waals surface area contributed by atoms with Crippen LogP contribution in [0.3, 0.4) is 0 Å². The van der Waals surface area contributed by atoms with E-state index in [2.05, 4.69) is 11.0 Å². The van der Waals surface area contributed by atoms with Gasteiger partial charge in [0.05, 0.1) is 38.7 Å². The molecule has 1 heterocycles. The highest BCUT2D eigenvalue weighted by Crippen LogP contribution is 2.23. The van der Waals surface area contributed by atoms with Crippen LogP contribution in [0.4, 0.5) is 5.69 Å². The molecule has 1 aliphatic rings. The Hall–Kier alpha value is -3.57. The van der Waals surface area contributed by atoms with Gasteiger partial charge >= 0.3 is 11.9 Å². The molecule has 2 aromatic rings. The summed E-state index contributed by atoms with van der Waals surface area (Å²) in [5, 5.41) is 8.92. The predicted octanol–water partition coefficient (Wildman–Crippen LogP) is 2.23. The van der Waals surface area contributed by atoms with Crippen LogP contribution in [-0.4, -0.2) is 52.1 Å². The van der Waals surface area contributed by atoms with Crippen LogP contribution in [0.25, 0.3) is 0 Å². The minimum atomic E-state index is -0.402. The van der Waals surface area contributed by atoms with Gasteiger partial charge in [0.1, 0.15) is 25.2 Å². The lowest BCUT2D eigenvalue weighted by molar-refractivity contribution is -0.141. The summed E-state index contributed by atoms with van der Waals surface area (Å²) in [7, 11) is 2.64. The Kier molecular flexibility index (Phi) is 7.46. The number of ether oxygens (including phenoxy) is 4. The number of rotatable bonds is 8. The highest BCUT2D eigenvalue weighted by atomic mass is 16.5. The van der Waals surface area contributed by atoms with Crippen molar-refractivity contribution in [2.45, 2.75) is 18.9 Å². The van der Waals surface area contributed by atoms with Gasteiger partial charge in [0, 0.05) is 12.2 Å². The first-order valence-corrected chi connectivity index (χ1v) is 9.77. The zero-order valence-corrected chi connectivity index (χ0v) is 17.5. The van der Waals surface area contributed by atoms with E-state index in [0.717, 1.165) is 5.69 Å². The van der Waals surface area contributed by atoms with E-state index in [-0.39, 0.29) is 24.9 Å². The zero-order valence-electron chi connectivity index (χ0n) is 17.5. The molecule has 2 aromatic carbocycles. The maximum atomic E-state index is 11.8. The van der Waals surface area contributed by atoms with Crippen molar-refractivity contribution in [1.29, 1.82) is 5.26 Å². The van der Waals surface area contributed by atoms with Crippen molar-refractivity contribution in [2.24, 2.45) is 0 Å². The third-order valence-corrected chi connectivity index (χ3v) is 4.99. The second-order valence-electron chi connectivity index (χ2n) is 7.05. The second kappa shape index (κ2) is 10.5. The fourth-order valence-electron chi connectivity index (χ4n) is 3.25. The van der Waals surface area contributed by atoms with Crippen molar-refractivity contribution in [3.8, 4) is 11.8 Å². The number of hydrogen-bond acceptors (Lipinski definition) is 8. The van der Waals surface area contributed by atoms with Gasteiger partial charge in [-0.1, -0.05) is 6.07 Å². The molecule has 0 N–H and O–H groups in total. The lowest BCUT2D eigenvalue weighted by Crippen LogP contribution is -2.25. The minimum Gasteiger partial charge on any atom is -0.491 e. The number of anilines is 1. The Labute approximate surface area is 180 Å². The van der Waals surface area contributed by atoms with Gasteiger partial charge in [-0.3, -0.25) is 9.59 Å². The number of carbonyl (C=O) groups is 2. The Balaban J connectivity index is 1.61. The fourth-order valence-corrected chi connectivity index (χ4v) is 3.25. The number of methoxy groups -OCH3 is 2. The SMILES string of the molecule is COC(=O)Cc1ccc(OCC2CN(c3ccc(C#N)cc3)CO2)cc1CC(=O)OC. The van der Waals surface area contributed by atoms with Crippen molar-refractivity contribution in [1.82, 2.24) is 0 Å². The van der Waals surface area contributed by atoms with E-state index in [1.165, 1.54) is 14.2 Å². The minimum absolute atomic E-state index is 0.0342. The van der Waals surface area contributed by atoms with Gasteiger partial charge in [-0.05, 0) is 47.5 Å². The van der Waals surface area contributed by atoms with E-state index < -0.39 is 5.97 Å². The number of carbonyl (C=O) groups excluding carboxylic acids is 2. The maximum Gasteiger partial charge on any atom is 0.309 e. The largest absolute Gasteiger partial charge is 0.491 e. The Morgan fingerprint density at radius 3 is 2.39 bits per heavy atom. The highest BCUT2D eigenvalue weighted by Gasteiger charge is 2.24. The first kappa shape index (κ1) is 22.1. The number of nitrogens with zero attached hydrogens (tertiary/aromatic N) is 2. The summed E-state index contributed by atoms with van der Waals surface area (Å²) >= 11 is 0. The molecule has 162 valence electrons. The fraction of sp³-hybridized carbons (Fsp3) is 0.348. The number of esters is 2. The quantitative estimate of drug-likeness (QED) is 0.595. The molecule has 3 rings (SSSR count). The van der Waals surface area contributed by atoms with Crippen molar-refractivity contribution < 1.29 is 28.5 Å². The standard InChI is InChI=1S/C23H24N2O6/c1-28-22(26)10-17-5-8-20(9-18(17)11-23(27)29-2)30-14-21-13-25(15-31-21)19-6-3-16(12-24)4-7-19/h3-9,21H,10-11,13-15H2,1-2H3. The van der Waals surface area contributed by atoms with Gasteiger partial charge in [0.15, 0.2) is 0 Å². The molecular weight excluding hydrogens is 400 g/mol. The average Bonchev–Trinajstić information content (AvgIpc) is 3.28. The number of benzene rings is 2. The van der Waals surface area contributed by atoms with E-state index >= 15 is 0 Å². The van der Waals surface area contributed by atoms with E-state index in [9.17, 15) is 9.59 Å². The lowest BCUT2D eigenvalue weighted by atomic mass is 10.0. The molecule has 0 spiro atoms. The molecule has 1 saturated heterocycles. The molecule has 0 aliphatic carbocycles. The van der Waals surface area contributed by atoms with Crippen LogP contribution in [-0.2, 0) is 36.6 Å². The molecule has 0 saturated carbocycles. The molecule has 1 aliphatic heterocycles. The van der Waals surface area contributed by atoms with Crippen molar-refractivity contribution >= 4 is 17.6 Å². The van der Waals surface area contributed by atoms with E-state index in [1.54, 1.807) is 30.3 Å². The van der Waals surface area contributed by atoms with Gasteiger partial charge in [0.25, 0.3) is 0 Å². The number of hydrogen-bond donors (Lipinski definition) is 0. The summed E-state index contributed by atoms with van der Waals surface area (Å²) in [6, 6.07) is 14.7. The van der Waals surface area contributed by atoms with Crippen LogP contribution in [0.15, 0.2) is 42.5 Å². The molecule has 1 atom stereocenters. The topological polar surface area (TPSA) is 98.1 Å². The van der Waals surface area contributed by atoms with Crippen LogP contribution in [0.1, 0.15) is 16.7 Å². The van der Waals surface area contributed by atoms with Crippen molar-refractivity contribution in [2.75, 3.05) is 39.0 Å². The Morgan fingerprint density at radius 2 is 1.74 bits per heavy atom. The lowest BCUT2D eigenvalue weighted by Gasteiger charge is -2.16. The summed E-state index contributed by atoms with van der Waals surface area (Å²) in [6.45, 7) is 1.42. The van der Waals surface area contributed by atoms with Crippen LogP contribution in [0.2, 0.25) is 0 Å². The molecular formula is C23H24N2O6. The van der Waals surface area contributed by atoms with Crippen LogP contribution < -0.4 is 9.64 Å². The summed E-state index contributed by atoms with van der Waals surface area (Å²) in [4.78, 5) is 25.5. The number of nitriles is 1. The maximum absolute atomic E-state index is 11.8. The van der Waals surface area contributed by atoms with E-state index in [4.69, 9.17) is 24.2 Å². The highest BCUT2D eigenvalue weighted by molar-refractivity contribution is 5.76. The van der Waals surface area contributed by atoms with Crippen molar-refractivity contribution in [3.63, 3.8) is 0 Å².